The number of hydrogen-bond acceptors (Lipinski definition) is 4. The Balaban J connectivity index is 1.62. The van der Waals surface area contributed by atoms with Crippen molar-refractivity contribution >= 4 is 39.6 Å². The van der Waals surface area contributed by atoms with Gasteiger partial charge in [-0.15, -0.1) is 11.3 Å². The minimum atomic E-state index is -0.344. The molecule has 2 N–H and O–H groups in total. The lowest BCUT2D eigenvalue weighted by molar-refractivity contribution is 0.0602. The van der Waals surface area contributed by atoms with Crippen molar-refractivity contribution in [1.29, 1.82) is 0 Å². The van der Waals surface area contributed by atoms with Gasteiger partial charge >= 0.3 is 5.97 Å². The summed E-state index contributed by atoms with van der Waals surface area (Å²) in [5.41, 5.74) is 2.15. The first-order valence-electron chi connectivity index (χ1n) is 11.1. The fraction of sp³-hybridized carbons (Fsp3) is 0.520. The summed E-state index contributed by atoms with van der Waals surface area (Å²) in [6, 6.07) is 12.5. The number of anilines is 1. The summed E-state index contributed by atoms with van der Waals surface area (Å²) in [5.74, 6) is 0.434. The van der Waals surface area contributed by atoms with Crippen LogP contribution in [0.15, 0.2) is 36.4 Å². The van der Waals surface area contributed by atoms with E-state index < -0.39 is 0 Å². The molecule has 4 nitrogen and oxygen atoms in total. The van der Waals surface area contributed by atoms with Crippen molar-refractivity contribution in [2.24, 2.45) is 11.3 Å². The van der Waals surface area contributed by atoms with Gasteiger partial charge in [0.05, 0.1) is 12.7 Å². The molecule has 0 aliphatic heterocycles. The van der Waals surface area contributed by atoms with Crippen LogP contribution in [0.3, 0.4) is 0 Å². The first kappa shape index (κ1) is 23.7. The molecule has 1 aromatic carbocycles. The number of hydrogen-bond donors (Lipinski definition) is 2. The zero-order valence-corrected chi connectivity index (χ0v) is 20.6. The molecular formula is C25H34N2O2S2. The number of thiocarbonyl (C=S) groups is 1. The Labute approximate surface area is 195 Å². The largest absolute Gasteiger partial charge is 0.465 e. The maximum atomic E-state index is 12.3. The summed E-state index contributed by atoms with van der Waals surface area (Å²) >= 11 is 7.15. The molecule has 1 heterocycles. The normalized spacial score (nSPS) is 19.0. The molecule has 6 heteroatoms. The van der Waals surface area contributed by atoms with Crippen LogP contribution in [-0.2, 0) is 11.2 Å². The number of esters is 1. The molecule has 1 aromatic heterocycles. The summed E-state index contributed by atoms with van der Waals surface area (Å²) in [6.07, 6.45) is 6.71. The van der Waals surface area contributed by atoms with Crippen molar-refractivity contribution in [3.8, 4) is 0 Å². The molecular weight excluding hydrogens is 424 g/mol. The van der Waals surface area contributed by atoms with Crippen LogP contribution in [0.4, 0.5) is 5.00 Å². The molecule has 1 aliphatic rings. The van der Waals surface area contributed by atoms with E-state index in [0.29, 0.717) is 22.1 Å². The van der Waals surface area contributed by atoms with Crippen molar-refractivity contribution in [3.05, 3.63) is 52.4 Å². The third-order valence-electron chi connectivity index (χ3n) is 6.72. The van der Waals surface area contributed by atoms with Crippen molar-refractivity contribution in [3.63, 3.8) is 0 Å². The van der Waals surface area contributed by atoms with Crippen LogP contribution in [0, 0.1) is 11.3 Å². The summed E-state index contributed by atoms with van der Waals surface area (Å²) in [7, 11) is 1.41. The minimum absolute atomic E-state index is 0.344. The van der Waals surface area contributed by atoms with E-state index in [2.05, 4.69) is 43.5 Å². The van der Waals surface area contributed by atoms with E-state index in [-0.39, 0.29) is 5.97 Å². The van der Waals surface area contributed by atoms with E-state index in [0.717, 1.165) is 35.1 Å². The molecule has 0 atom stereocenters. The maximum absolute atomic E-state index is 12.3. The van der Waals surface area contributed by atoms with E-state index >= 15 is 0 Å². The fourth-order valence-electron chi connectivity index (χ4n) is 4.31. The van der Waals surface area contributed by atoms with E-state index in [1.54, 1.807) is 11.3 Å². The van der Waals surface area contributed by atoms with Gasteiger partial charge in [0.25, 0.3) is 0 Å². The Kier molecular flexibility index (Phi) is 8.11. The highest BCUT2D eigenvalue weighted by Gasteiger charge is 2.32. The van der Waals surface area contributed by atoms with Gasteiger partial charge in [0.15, 0.2) is 5.11 Å². The Morgan fingerprint density at radius 1 is 1.19 bits per heavy atom. The van der Waals surface area contributed by atoms with Crippen LogP contribution >= 0.6 is 23.6 Å². The zero-order valence-electron chi connectivity index (χ0n) is 19.0. The molecule has 0 spiro atoms. The van der Waals surface area contributed by atoms with Crippen LogP contribution < -0.4 is 10.6 Å². The molecule has 0 saturated heterocycles. The zero-order chi connectivity index (χ0) is 22.4. The van der Waals surface area contributed by atoms with Crippen molar-refractivity contribution in [2.75, 3.05) is 12.4 Å². The number of benzene rings is 1. The second-order valence-electron chi connectivity index (χ2n) is 9.10. The van der Waals surface area contributed by atoms with Gasteiger partial charge in [-0.3, -0.25) is 0 Å². The van der Waals surface area contributed by atoms with Crippen LogP contribution in [0.5, 0.6) is 0 Å². The quantitative estimate of drug-likeness (QED) is 0.371. The number of methoxy groups -OCH3 is 1. The predicted molar refractivity (Wildman–Crippen MR) is 134 cm³/mol. The predicted octanol–water partition coefficient (Wildman–Crippen LogP) is 6.41. The molecule has 168 valence electrons. The third-order valence-corrected chi connectivity index (χ3v) is 7.99. The molecule has 3 rings (SSSR count). The molecule has 0 amide bonds. The lowest BCUT2D eigenvalue weighted by Gasteiger charge is -2.39. The summed E-state index contributed by atoms with van der Waals surface area (Å²) in [6.45, 7) is 7.06. The highest BCUT2D eigenvalue weighted by Crippen LogP contribution is 2.40. The van der Waals surface area contributed by atoms with Gasteiger partial charge in [-0.1, -0.05) is 57.5 Å². The maximum Gasteiger partial charge on any atom is 0.340 e. The number of carbonyl (C=O) groups excluding carboxylic acids is 1. The molecule has 2 aromatic rings. The molecule has 0 bridgehead atoms. The van der Waals surface area contributed by atoms with E-state index in [4.69, 9.17) is 17.0 Å². The van der Waals surface area contributed by atoms with E-state index in [9.17, 15) is 4.79 Å². The summed E-state index contributed by atoms with van der Waals surface area (Å²) in [4.78, 5) is 13.4. The SMILES string of the molecule is CCC(C)(C)C1CCC(NC(=S)Nc2sc(Cc3ccccc3)cc2C(=O)OC)CC1. The topological polar surface area (TPSA) is 50.4 Å². The van der Waals surface area contributed by atoms with Gasteiger partial charge in [0.2, 0.25) is 0 Å². The van der Waals surface area contributed by atoms with Gasteiger partial charge in [-0.2, -0.15) is 0 Å². The van der Waals surface area contributed by atoms with Crippen LogP contribution in [0.25, 0.3) is 0 Å². The van der Waals surface area contributed by atoms with Gasteiger partial charge < -0.3 is 15.4 Å². The number of rotatable bonds is 7. The molecule has 1 aliphatic carbocycles. The van der Waals surface area contributed by atoms with Crippen molar-refractivity contribution in [1.82, 2.24) is 5.32 Å². The van der Waals surface area contributed by atoms with Crippen LogP contribution in [0.2, 0.25) is 0 Å². The molecule has 1 saturated carbocycles. The number of ether oxygens (including phenoxy) is 1. The Morgan fingerprint density at radius 2 is 1.87 bits per heavy atom. The summed E-state index contributed by atoms with van der Waals surface area (Å²) < 4.78 is 4.99. The average Bonchev–Trinajstić information content (AvgIpc) is 3.16. The van der Waals surface area contributed by atoms with Crippen molar-refractivity contribution in [2.45, 2.75) is 65.3 Å². The Bertz CT molecular complexity index is 884. The van der Waals surface area contributed by atoms with Gasteiger partial charge in [-0.25, -0.2) is 4.79 Å². The van der Waals surface area contributed by atoms with Gasteiger partial charge in [-0.05, 0) is 60.9 Å². The van der Waals surface area contributed by atoms with Crippen molar-refractivity contribution < 1.29 is 9.53 Å². The average molecular weight is 459 g/mol. The fourth-order valence-corrected chi connectivity index (χ4v) is 5.73. The molecule has 31 heavy (non-hydrogen) atoms. The second kappa shape index (κ2) is 10.6. The molecule has 0 unspecified atom stereocenters. The number of nitrogens with one attached hydrogen (secondary N) is 2. The summed E-state index contributed by atoms with van der Waals surface area (Å²) in [5, 5.41) is 8.07. The second-order valence-corrected chi connectivity index (χ2v) is 10.6. The highest BCUT2D eigenvalue weighted by atomic mass is 32.1. The lowest BCUT2D eigenvalue weighted by atomic mass is 9.69. The van der Waals surface area contributed by atoms with Gasteiger partial charge in [0.1, 0.15) is 5.00 Å². The first-order valence-corrected chi connectivity index (χ1v) is 12.4. The minimum Gasteiger partial charge on any atom is -0.465 e. The van der Waals surface area contributed by atoms with Gasteiger partial charge in [0, 0.05) is 17.3 Å². The van der Waals surface area contributed by atoms with E-state index in [1.165, 1.54) is 31.9 Å². The van der Waals surface area contributed by atoms with Crippen LogP contribution in [-0.4, -0.2) is 24.2 Å². The lowest BCUT2D eigenvalue weighted by Crippen LogP contribution is -2.41. The first-order chi connectivity index (χ1) is 14.8. The standard InChI is InChI=1S/C25H34N2O2S2/c1-5-25(2,3)18-11-13-19(14-12-18)26-24(30)27-22-21(23(28)29-4)16-20(31-22)15-17-9-7-6-8-10-17/h6-10,16,18-19H,5,11-15H2,1-4H3,(H2,26,27,30). The Morgan fingerprint density at radius 3 is 2.48 bits per heavy atom. The van der Waals surface area contributed by atoms with E-state index in [1.807, 2.05) is 24.3 Å². The number of thiophene rings is 1. The third kappa shape index (κ3) is 6.30. The molecule has 0 radical (unpaired) electrons. The molecule has 1 fully saturated rings. The van der Waals surface area contributed by atoms with Crippen LogP contribution in [0.1, 0.15) is 73.7 Å². The Hall–Kier alpha value is -1.92. The monoisotopic (exact) mass is 458 g/mol. The highest BCUT2D eigenvalue weighted by molar-refractivity contribution is 7.80. The smallest absolute Gasteiger partial charge is 0.340 e. The number of carbonyl (C=O) groups is 1.